The Labute approximate surface area is 201 Å². The Kier molecular flexibility index (Phi) is 7.25. The SMILES string of the molecule is C#Cc1nc(NC(=O)N[C@@H](COC(N)=O)c2ccc(-c3ccnc(N4CCCC4)c3)cc2)cs1. The number of thiazole rings is 1. The van der Waals surface area contributed by atoms with Gasteiger partial charge in [-0.3, -0.25) is 5.32 Å². The summed E-state index contributed by atoms with van der Waals surface area (Å²) in [6.07, 6.45) is 8.58. The standard InChI is InChI=1S/C24H24N6O3S/c1-2-22-28-20(15-34-22)29-24(32)27-19(14-33-23(25)31)17-7-5-16(6-8-17)18-9-10-26-21(13-18)30-11-3-4-12-30/h1,5-10,13,15,19H,3-4,11-12,14H2,(H2,25,31)(H2,27,29,32)/t19-/m0/s1. The molecule has 3 heterocycles. The highest BCUT2D eigenvalue weighted by molar-refractivity contribution is 7.10. The molecule has 0 unspecified atom stereocenters. The lowest BCUT2D eigenvalue weighted by atomic mass is 10.0. The first-order valence-electron chi connectivity index (χ1n) is 10.7. The van der Waals surface area contributed by atoms with Crippen LogP contribution in [0.2, 0.25) is 0 Å². The number of nitrogens with zero attached hydrogens (tertiary/aromatic N) is 3. The Balaban J connectivity index is 1.48. The number of nitrogens with one attached hydrogen (secondary N) is 2. The number of terminal acetylenes is 1. The molecular formula is C24H24N6O3S. The maximum Gasteiger partial charge on any atom is 0.404 e. The Morgan fingerprint density at radius 3 is 2.65 bits per heavy atom. The number of ether oxygens (including phenoxy) is 1. The lowest BCUT2D eigenvalue weighted by molar-refractivity contribution is 0.144. The van der Waals surface area contributed by atoms with Gasteiger partial charge in [0, 0.05) is 24.7 Å². The van der Waals surface area contributed by atoms with Crippen LogP contribution in [0.25, 0.3) is 11.1 Å². The van der Waals surface area contributed by atoms with Gasteiger partial charge in [-0.2, -0.15) is 0 Å². The summed E-state index contributed by atoms with van der Waals surface area (Å²) in [5.41, 5.74) is 7.93. The van der Waals surface area contributed by atoms with Crippen LogP contribution in [-0.4, -0.2) is 41.8 Å². The number of carbonyl (C=O) groups excluding carboxylic acids is 2. The Morgan fingerprint density at radius 1 is 1.21 bits per heavy atom. The molecule has 34 heavy (non-hydrogen) atoms. The summed E-state index contributed by atoms with van der Waals surface area (Å²) in [4.78, 5) is 34.5. The van der Waals surface area contributed by atoms with Crippen molar-refractivity contribution in [2.45, 2.75) is 18.9 Å². The van der Waals surface area contributed by atoms with Crippen LogP contribution in [0.15, 0.2) is 48.0 Å². The molecule has 1 fully saturated rings. The molecule has 174 valence electrons. The van der Waals surface area contributed by atoms with Crippen molar-refractivity contribution in [2.24, 2.45) is 5.73 Å². The minimum Gasteiger partial charge on any atom is -0.447 e. The summed E-state index contributed by atoms with van der Waals surface area (Å²) >= 11 is 1.25. The van der Waals surface area contributed by atoms with Crippen LogP contribution in [-0.2, 0) is 4.74 Å². The first kappa shape index (κ1) is 23.1. The van der Waals surface area contributed by atoms with E-state index in [1.54, 1.807) is 5.38 Å². The molecule has 10 heteroatoms. The van der Waals surface area contributed by atoms with E-state index in [1.165, 1.54) is 24.2 Å². The fourth-order valence-electron chi connectivity index (χ4n) is 3.72. The van der Waals surface area contributed by atoms with Gasteiger partial charge in [0.25, 0.3) is 0 Å². The third kappa shape index (κ3) is 5.82. The molecule has 3 amide bonds. The van der Waals surface area contributed by atoms with Crippen molar-refractivity contribution in [1.29, 1.82) is 0 Å². The number of benzene rings is 1. The van der Waals surface area contributed by atoms with E-state index in [4.69, 9.17) is 16.9 Å². The van der Waals surface area contributed by atoms with E-state index < -0.39 is 18.2 Å². The fraction of sp³-hybridized carbons (Fsp3) is 0.250. The second-order valence-corrected chi connectivity index (χ2v) is 8.54. The molecule has 1 aliphatic heterocycles. The summed E-state index contributed by atoms with van der Waals surface area (Å²) in [6.45, 7) is 1.92. The Hall–Kier alpha value is -4.10. The molecule has 1 atom stereocenters. The number of primary amides is 1. The molecule has 4 rings (SSSR count). The number of anilines is 2. The number of pyridine rings is 1. The van der Waals surface area contributed by atoms with E-state index in [-0.39, 0.29) is 6.61 Å². The monoisotopic (exact) mass is 476 g/mol. The van der Waals surface area contributed by atoms with Crippen LogP contribution < -0.4 is 21.3 Å². The molecule has 3 aromatic rings. The topological polar surface area (TPSA) is 122 Å². The van der Waals surface area contributed by atoms with Crippen LogP contribution in [0.1, 0.15) is 29.5 Å². The van der Waals surface area contributed by atoms with Gasteiger partial charge < -0.3 is 20.7 Å². The summed E-state index contributed by atoms with van der Waals surface area (Å²) in [5, 5.41) is 7.51. The first-order valence-corrected chi connectivity index (χ1v) is 11.6. The predicted octanol–water partition coefficient (Wildman–Crippen LogP) is 3.74. The highest BCUT2D eigenvalue weighted by Crippen LogP contribution is 2.26. The molecule has 4 N–H and O–H groups in total. The fourth-order valence-corrected chi connectivity index (χ4v) is 4.27. The summed E-state index contributed by atoms with van der Waals surface area (Å²) in [6, 6.07) is 10.6. The molecule has 0 bridgehead atoms. The lowest BCUT2D eigenvalue weighted by Crippen LogP contribution is -2.36. The van der Waals surface area contributed by atoms with Crippen molar-refractivity contribution in [2.75, 3.05) is 29.9 Å². The van der Waals surface area contributed by atoms with Crippen molar-refractivity contribution >= 4 is 35.1 Å². The minimum absolute atomic E-state index is 0.122. The van der Waals surface area contributed by atoms with E-state index >= 15 is 0 Å². The second-order valence-electron chi connectivity index (χ2n) is 7.68. The average molecular weight is 477 g/mol. The van der Waals surface area contributed by atoms with Gasteiger partial charge in [0.1, 0.15) is 18.2 Å². The average Bonchev–Trinajstić information content (AvgIpc) is 3.54. The largest absolute Gasteiger partial charge is 0.447 e. The third-order valence-corrected chi connectivity index (χ3v) is 6.16. The summed E-state index contributed by atoms with van der Waals surface area (Å²) in [7, 11) is 0. The van der Waals surface area contributed by atoms with Crippen molar-refractivity contribution in [3.63, 3.8) is 0 Å². The van der Waals surface area contributed by atoms with E-state index in [0.717, 1.165) is 35.6 Å². The zero-order chi connectivity index (χ0) is 23.9. The molecule has 0 saturated carbocycles. The van der Waals surface area contributed by atoms with Gasteiger partial charge in [-0.25, -0.2) is 19.6 Å². The van der Waals surface area contributed by atoms with E-state index in [0.29, 0.717) is 10.8 Å². The molecule has 0 spiro atoms. The zero-order valence-electron chi connectivity index (χ0n) is 18.4. The van der Waals surface area contributed by atoms with Crippen LogP contribution in [0.3, 0.4) is 0 Å². The van der Waals surface area contributed by atoms with Crippen LogP contribution in [0.4, 0.5) is 21.2 Å². The molecule has 1 aromatic carbocycles. The van der Waals surface area contributed by atoms with Gasteiger partial charge in [0.15, 0.2) is 5.01 Å². The highest BCUT2D eigenvalue weighted by atomic mass is 32.1. The van der Waals surface area contributed by atoms with Gasteiger partial charge in [-0.15, -0.1) is 17.8 Å². The Morgan fingerprint density at radius 2 is 1.97 bits per heavy atom. The number of carbonyl (C=O) groups is 2. The number of amides is 3. The number of nitrogens with two attached hydrogens (primary N) is 1. The third-order valence-electron chi connectivity index (χ3n) is 5.39. The van der Waals surface area contributed by atoms with Crippen molar-refractivity contribution in [3.05, 3.63) is 58.5 Å². The lowest BCUT2D eigenvalue weighted by Gasteiger charge is -2.19. The molecule has 0 aliphatic carbocycles. The molecule has 1 saturated heterocycles. The zero-order valence-corrected chi connectivity index (χ0v) is 19.2. The van der Waals surface area contributed by atoms with Gasteiger partial charge in [0.05, 0.1) is 6.04 Å². The van der Waals surface area contributed by atoms with E-state index in [1.807, 2.05) is 36.5 Å². The number of rotatable bonds is 7. The van der Waals surface area contributed by atoms with E-state index in [2.05, 4.69) is 37.5 Å². The predicted molar refractivity (Wildman–Crippen MR) is 132 cm³/mol. The van der Waals surface area contributed by atoms with Crippen molar-refractivity contribution in [1.82, 2.24) is 15.3 Å². The molecule has 2 aromatic heterocycles. The van der Waals surface area contributed by atoms with Crippen LogP contribution in [0.5, 0.6) is 0 Å². The van der Waals surface area contributed by atoms with Crippen molar-refractivity contribution < 1.29 is 14.3 Å². The number of aromatic nitrogens is 2. The molecule has 9 nitrogen and oxygen atoms in total. The normalized spacial score (nSPS) is 13.7. The van der Waals surface area contributed by atoms with Gasteiger partial charge in [-0.05, 0) is 47.6 Å². The second kappa shape index (κ2) is 10.7. The van der Waals surface area contributed by atoms with Crippen LogP contribution >= 0.6 is 11.3 Å². The van der Waals surface area contributed by atoms with Gasteiger partial charge in [-0.1, -0.05) is 24.3 Å². The maximum absolute atomic E-state index is 12.5. The highest BCUT2D eigenvalue weighted by Gasteiger charge is 2.18. The number of hydrogen-bond acceptors (Lipinski definition) is 7. The van der Waals surface area contributed by atoms with Crippen molar-refractivity contribution in [3.8, 4) is 23.5 Å². The smallest absolute Gasteiger partial charge is 0.404 e. The Bertz CT molecular complexity index is 1200. The number of hydrogen-bond donors (Lipinski definition) is 3. The minimum atomic E-state index is -0.923. The summed E-state index contributed by atoms with van der Waals surface area (Å²) < 4.78 is 4.96. The van der Waals surface area contributed by atoms with Crippen LogP contribution in [0, 0.1) is 12.3 Å². The molecular weight excluding hydrogens is 452 g/mol. The van der Waals surface area contributed by atoms with Gasteiger partial charge in [0.2, 0.25) is 0 Å². The first-order chi connectivity index (χ1) is 16.5. The molecule has 1 aliphatic rings. The number of urea groups is 1. The maximum atomic E-state index is 12.5. The van der Waals surface area contributed by atoms with E-state index in [9.17, 15) is 9.59 Å². The summed E-state index contributed by atoms with van der Waals surface area (Å²) in [5.74, 6) is 3.73. The molecule has 0 radical (unpaired) electrons. The quantitative estimate of drug-likeness (QED) is 0.447. The van der Waals surface area contributed by atoms with Gasteiger partial charge >= 0.3 is 12.1 Å².